The van der Waals surface area contributed by atoms with Crippen LogP contribution in [0.15, 0.2) is 42.5 Å². The molecule has 0 saturated heterocycles. The first-order valence-corrected chi connectivity index (χ1v) is 6.06. The molecule has 0 bridgehead atoms. The standard InChI is InChI=1S/C16H11F2NO2/c17-13-5-1-3-12(9-13)16(21)19-14-7-6-11(4-2-8-20)15(18)10-14/h1,3,5-7,9-10,20H,8H2,(H,19,21). The molecule has 0 aliphatic heterocycles. The molecule has 0 aromatic heterocycles. The third kappa shape index (κ3) is 3.88. The molecule has 0 fully saturated rings. The molecule has 1 amide bonds. The minimum atomic E-state index is -0.618. The van der Waals surface area contributed by atoms with Gasteiger partial charge in [0.05, 0.1) is 5.56 Å². The number of anilines is 1. The molecule has 0 spiro atoms. The molecule has 0 radical (unpaired) electrons. The van der Waals surface area contributed by atoms with Gasteiger partial charge in [-0.3, -0.25) is 4.79 Å². The second-order valence-corrected chi connectivity index (χ2v) is 4.12. The zero-order chi connectivity index (χ0) is 15.2. The van der Waals surface area contributed by atoms with Crippen molar-refractivity contribution in [1.82, 2.24) is 0 Å². The lowest BCUT2D eigenvalue weighted by molar-refractivity contribution is 0.102. The molecule has 2 N–H and O–H groups in total. The van der Waals surface area contributed by atoms with Crippen LogP contribution in [0.2, 0.25) is 0 Å². The van der Waals surface area contributed by atoms with Crippen LogP contribution in [0.5, 0.6) is 0 Å². The minimum absolute atomic E-state index is 0.118. The highest BCUT2D eigenvalue weighted by Crippen LogP contribution is 2.15. The highest BCUT2D eigenvalue weighted by molar-refractivity contribution is 6.04. The maximum Gasteiger partial charge on any atom is 0.255 e. The van der Waals surface area contributed by atoms with Gasteiger partial charge in [-0.2, -0.15) is 0 Å². The quantitative estimate of drug-likeness (QED) is 0.834. The molecule has 2 aromatic rings. The predicted molar refractivity (Wildman–Crippen MR) is 74.7 cm³/mol. The number of hydrogen-bond acceptors (Lipinski definition) is 2. The monoisotopic (exact) mass is 287 g/mol. The SMILES string of the molecule is O=C(Nc1ccc(C#CCO)c(F)c1)c1cccc(F)c1. The van der Waals surface area contributed by atoms with Crippen molar-refractivity contribution in [3.63, 3.8) is 0 Å². The Balaban J connectivity index is 2.17. The van der Waals surface area contributed by atoms with Gasteiger partial charge in [-0.05, 0) is 36.4 Å². The molecule has 21 heavy (non-hydrogen) atoms. The number of hydrogen-bond donors (Lipinski definition) is 2. The highest BCUT2D eigenvalue weighted by Gasteiger charge is 2.08. The van der Waals surface area contributed by atoms with Crippen LogP contribution in [-0.4, -0.2) is 17.6 Å². The second kappa shape index (κ2) is 6.64. The summed E-state index contributed by atoms with van der Waals surface area (Å²) in [6.07, 6.45) is 0. The Morgan fingerprint density at radius 3 is 2.67 bits per heavy atom. The van der Waals surface area contributed by atoms with Crippen LogP contribution in [0.3, 0.4) is 0 Å². The molecule has 2 rings (SSSR count). The summed E-state index contributed by atoms with van der Waals surface area (Å²) in [5, 5.41) is 11.0. The summed E-state index contributed by atoms with van der Waals surface area (Å²) >= 11 is 0. The van der Waals surface area contributed by atoms with E-state index in [-0.39, 0.29) is 23.4 Å². The van der Waals surface area contributed by atoms with Gasteiger partial charge in [0.15, 0.2) is 0 Å². The Morgan fingerprint density at radius 1 is 1.19 bits per heavy atom. The van der Waals surface area contributed by atoms with Crippen LogP contribution in [0, 0.1) is 23.5 Å². The molecule has 0 aliphatic carbocycles. The number of amides is 1. The zero-order valence-corrected chi connectivity index (χ0v) is 10.9. The largest absolute Gasteiger partial charge is 0.384 e. The molecule has 0 heterocycles. The van der Waals surface area contributed by atoms with Crippen molar-refractivity contribution in [3.8, 4) is 11.8 Å². The van der Waals surface area contributed by atoms with Crippen LogP contribution in [0.25, 0.3) is 0 Å². The Bertz CT molecular complexity index is 733. The summed E-state index contributed by atoms with van der Waals surface area (Å²) < 4.78 is 26.7. The lowest BCUT2D eigenvalue weighted by atomic mass is 10.1. The van der Waals surface area contributed by atoms with Gasteiger partial charge in [0.2, 0.25) is 0 Å². The lowest BCUT2D eigenvalue weighted by Gasteiger charge is -2.06. The summed E-state index contributed by atoms with van der Waals surface area (Å²) in [5.41, 5.74) is 0.490. The van der Waals surface area contributed by atoms with Crippen LogP contribution in [0.1, 0.15) is 15.9 Å². The van der Waals surface area contributed by atoms with E-state index in [1.165, 1.54) is 30.3 Å². The zero-order valence-electron chi connectivity index (χ0n) is 10.9. The summed E-state index contributed by atoms with van der Waals surface area (Å²) in [4.78, 5) is 11.9. The number of nitrogens with one attached hydrogen (secondary N) is 1. The predicted octanol–water partition coefficient (Wildman–Crippen LogP) is 2.56. The van der Waals surface area contributed by atoms with Gasteiger partial charge in [-0.1, -0.05) is 17.9 Å². The minimum Gasteiger partial charge on any atom is -0.384 e. The Labute approximate surface area is 120 Å². The molecule has 0 atom stereocenters. The fourth-order valence-electron chi connectivity index (χ4n) is 1.66. The van der Waals surface area contributed by atoms with Crippen LogP contribution >= 0.6 is 0 Å². The van der Waals surface area contributed by atoms with Crippen LogP contribution in [0.4, 0.5) is 14.5 Å². The fraction of sp³-hybridized carbons (Fsp3) is 0.0625. The van der Waals surface area contributed by atoms with Crippen molar-refractivity contribution in [1.29, 1.82) is 0 Å². The summed E-state index contributed by atoms with van der Waals surface area (Å²) in [5.74, 6) is 3.10. The molecule has 2 aromatic carbocycles. The van der Waals surface area contributed by atoms with Gasteiger partial charge in [0.1, 0.15) is 18.2 Å². The molecule has 3 nitrogen and oxygen atoms in total. The maximum absolute atomic E-state index is 13.7. The van der Waals surface area contributed by atoms with E-state index in [0.29, 0.717) is 0 Å². The highest BCUT2D eigenvalue weighted by atomic mass is 19.1. The number of aliphatic hydroxyl groups excluding tert-OH is 1. The number of halogens is 2. The molecule has 0 aliphatic rings. The lowest BCUT2D eigenvalue weighted by Crippen LogP contribution is -2.12. The molecule has 0 saturated carbocycles. The average molecular weight is 287 g/mol. The van der Waals surface area contributed by atoms with Gasteiger partial charge in [0, 0.05) is 11.3 Å². The first-order chi connectivity index (χ1) is 10.1. The average Bonchev–Trinajstić information content (AvgIpc) is 2.46. The van der Waals surface area contributed by atoms with Crippen LogP contribution in [-0.2, 0) is 0 Å². The molecule has 5 heteroatoms. The van der Waals surface area contributed by atoms with Crippen molar-refractivity contribution in [2.75, 3.05) is 11.9 Å². The third-order valence-electron chi connectivity index (χ3n) is 2.62. The van der Waals surface area contributed by atoms with Crippen LogP contribution < -0.4 is 5.32 Å². The number of carbonyl (C=O) groups excluding carboxylic acids is 1. The van der Waals surface area contributed by atoms with Crippen molar-refractivity contribution in [2.45, 2.75) is 0 Å². The summed E-state index contributed by atoms with van der Waals surface area (Å²) in [6.45, 7) is -0.364. The Morgan fingerprint density at radius 2 is 2.00 bits per heavy atom. The van der Waals surface area contributed by atoms with Crippen molar-refractivity contribution in [3.05, 3.63) is 65.2 Å². The number of rotatable bonds is 2. The van der Waals surface area contributed by atoms with Crippen molar-refractivity contribution >= 4 is 11.6 Å². The first-order valence-electron chi connectivity index (χ1n) is 6.06. The van der Waals surface area contributed by atoms with Gasteiger partial charge in [-0.15, -0.1) is 0 Å². The van der Waals surface area contributed by atoms with E-state index >= 15 is 0 Å². The van der Waals surface area contributed by atoms with E-state index < -0.39 is 17.5 Å². The normalized spacial score (nSPS) is 9.67. The van der Waals surface area contributed by atoms with E-state index in [2.05, 4.69) is 17.2 Å². The van der Waals surface area contributed by atoms with Crippen molar-refractivity contribution < 1.29 is 18.7 Å². The molecular formula is C16H11F2NO2. The number of aliphatic hydroxyl groups is 1. The number of carbonyl (C=O) groups is 1. The van der Waals surface area contributed by atoms with Gasteiger partial charge < -0.3 is 10.4 Å². The number of benzene rings is 2. The summed E-state index contributed by atoms with van der Waals surface area (Å²) in [6, 6.07) is 9.16. The molecular weight excluding hydrogens is 276 g/mol. The van der Waals surface area contributed by atoms with E-state index in [0.717, 1.165) is 12.1 Å². The second-order valence-electron chi connectivity index (χ2n) is 4.12. The fourth-order valence-corrected chi connectivity index (χ4v) is 1.66. The molecule has 106 valence electrons. The van der Waals surface area contributed by atoms with Crippen molar-refractivity contribution in [2.24, 2.45) is 0 Å². The van der Waals surface area contributed by atoms with Gasteiger partial charge in [-0.25, -0.2) is 8.78 Å². The maximum atomic E-state index is 13.7. The Hall–Kier alpha value is -2.71. The van der Waals surface area contributed by atoms with E-state index in [9.17, 15) is 13.6 Å². The molecule has 0 unspecified atom stereocenters. The Kier molecular flexibility index (Phi) is 4.64. The smallest absolute Gasteiger partial charge is 0.255 e. The first kappa shape index (κ1) is 14.7. The van der Waals surface area contributed by atoms with E-state index in [1.807, 2.05) is 0 Å². The summed E-state index contributed by atoms with van der Waals surface area (Å²) in [7, 11) is 0. The van der Waals surface area contributed by atoms with Gasteiger partial charge >= 0.3 is 0 Å². The van der Waals surface area contributed by atoms with E-state index in [1.54, 1.807) is 0 Å². The van der Waals surface area contributed by atoms with Gasteiger partial charge in [0.25, 0.3) is 5.91 Å². The third-order valence-corrected chi connectivity index (χ3v) is 2.62. The van der Waals surface area contributed by atoms with E-state index in [4.69, 9.17) is 5.11 Å². The topological polar surface area (TPSA) is 49.3 Å².